The van der Waals surface area contributed by atoms with Crippen LogP contribution in [-0.2, 0) is 11.3 Å². The Bertz CT molecular complexity index is 827. The fourth-order valence-electron chi connectivity index (χ4n) is 2.58. The fraction of sp³-hybridized carbons (Fsp3) is 0.421. The number of hydrogen-bond donors (Lipinski definition) is 1. The molecule has 0 saturated carbocycles. The number of halogens is 1. The summed E-state index contributed by atoms with van der Waals surface area (Å²) >= 11 is 13.2. The second kappa shape index (κ2) is 8.99. The number of amides is 1. The first-order valence-electron chi connectivity index (χ1n) is 8.64. The predicted octanol–water partition coefficient (Wildman–Crippen LogP) is 4.81. The van der Waals surface area contributed by atoms with Gasteiger partial charge in [0.05, 0.1) is 22.9 Å². The molecule has 0 aliphatic heterocycles. The highest BCUT2D eigenvalue weighted by atomic mass is 35.5. The zero-order valence-corrected chi connectivity index (χ0v) is 18.8. The zero-order valence-electron chi connectivity index (χ0n) is 16.5. The lowest BCUT2D eigenvalue weighted by Crippen LogP contribution is -2.40. The third kappa shape index (κ3) is 5.18. The third-order valence-electron chi connectivity index (χ3n) is 4.18. The van der Waals surface area contributed by atoms with E-state index in [1.165, 1.54) is 18.3 Å². The van der Waals surface area contributed by atoms with Crippen molar-refractivity contribution in [3.8, 4) is 0 Å². The Hall–Kier alpha value is -1.70. The molecule has 146 valence electrons. The van der Waals surface area contributed by atoms with Crippen molar-refractivity contribution in [3.63, 3.8) is 0 Å². The van der Waals surface area contributed by atoms with E-state index >= 15 is 0 Å². The highest BCUT2D eigenvalue weighted by Crippen LogP contribution is 2.37. The maximum atomic E-state index is 12.4. The van der Waals surface area contributed by atoms with Crippen LogP contribution in [0.5, 0.6) is 0 Å². The molecule has 0 radical (unpaired) electrons. The van der Waals surface area contributed by atoms with Crippen molar-refractivity contribution >= 4 is 57.0 Å². The van der Waals surface area contributed by atoms with Gasteiger partial charge in [0.15, 0.2) is 10.2 Å². The molecule has 0 aliphatic carbocycles. The number of aryl methyl sites for hydroxylation is 2. The van der Waals surface area contributed by atoms with E-state index in [0.717, 1.165) is 16.8 Å². The van der Waals surface area contributed by atoms with Crippen LogP contribution in [-0.4, -0.2) is 34.0 Å². The van der Waals surface area contributed by atoms with Gasteiger partial charge in [-0.2, -0.15) is 0 Å². The molecule has 0 saturated heterocycles. The van der Waals surface area contributed by atoms with Crippen molar-refractivity contribution in [2.24, 2.45) is 0 Å². The van der Waals surface area contributed by atoms with Gasteiger partial charge in [0.2, 0.25) is 5.91 Å². The van der Waals surface area contributed by atoms with Crippen molar-refractivity contribution in [2.75, 3.05) is 11.9 Å². The highest BCUT2D eigenvalue weighted by Gasteiger charge is 2.22. The smallest absolute Gasteiger partial charge is 0.230 e. The van der Waals surface area contributed by atoms with Crippen LogP contribution in [0.4, 0.5) is 10.8 Å². The average Bonchev–Trinajstić information content (AvgIpc) is 3.02. The fourth-order valence-corrected chi connectivity index (χ4v) is 4.15. The third-order valence-corrected chi connectivity index (χ3v) is 5.78. The Morgan fingerprint density at radius 2 is 2.04 bits per heavy atom. The molecule has 0 aliphatic rings. The van der Waals surface area contributed by atoms with E-state index in [2.05, 4.69) is 24.1 Å². The van der Waals surface area contributed by atoms with Crippen LogP contribution in [0, 0.1) is 13.8 Å². The lowest BCUT2D eigenvalue weighted by atomic mass is 10.1. The van der Waals surface area contributed by atoms with E-state index in [1.807, 2.05) is 43.3 Å². The summed E-state index contributed by atoms with van der Waals surface area (Å²) in [6, 6.07) is 4.18. The monoisotopic (exact) mass is 424 g/mol. The van der Waals surface area contributed by atoms with Crippen LogP contribution >= 0.6 is 35.2 Å². The molecule has 1 heterocycles. The summed E-state index contributed by atoms with van der Waals surface area (Å²) in [5, 5.41) is 6.93. The first-order chi connectivity index (χ1) is 12.6. The van der Waals surface area contributed by atoms with Crippen LogP contribution in [0.2, 0.25) is 5.02 Å². The topological polar surface area (TPSA) is 48.5 Å². The van der Waals surface area contributed by atoms with E-state index in [-0.39, 0.29) is 5.91 Å². The number of anilines is 2. The molecule has 1 aromatic carbocycles. The second-order valence-corrected chi connectivity index (χ2v) is 8.38. The maximum Gasteiger partial charge on any atom is 0.230 e. The van der Waals surface area contributed by atoms with Crippen molar-refractivity contribution in [1.29, 1.82) is 0 Å². The normalized spacial score (nSPS) is 10.8. The van der Waals surface area contributed by atoms with Crippen LogP contribution in [0.15, 0.2) is 17.5 Å². The molecule has 0 atom stereocenters. The lowest BCUT2D eigenvalue weighted by molar-refractivity contribution is -0.115. The highest BCUT2D eigenvalue weighted by molar-refractivity contribution is 7.80. The first-order valence-corrected chi connectivity index (χ1v) is 10.3. The van der Waals surface area contributed by atoms with Crippen LogP contribution < -0.4 is 10.2 Å². The molecule has 5 nitrogen and oxygen atoms in total. The van der Waals surface area contributed by atoms with Crippen molar-refractivity contribution < 1.29 is 4.79 Å². The van der Waals surface area contributed by atoms with Gasteiger partial charge in [-0.3, -0.25) is 9.69 Å². The van der Waals surface area contributed by atoms with E-state index in [0.29, 0.717) is 33.5 Å². The van der Waals surface area contributed by atoms with E-state index in [9.17, 15) is 4.79 Å². The van der Waals surface area contributed by atoms with Gasteiger partial charge >= 0.3 is 0 Å². The number of thiocarbonyl (C=S) groups is 1. The zero-order chi connectivity index (χ0) is 20.3. The lowest BCUT2D eigenvalue weighted by Gasteiger charge is -2.24. The number of aromatic nitrogens is 1. The van der Waals surface area contributed by atoms with Gasteiger partial charge in [0, 0.05) is 25.4 Å². The largest absolute Gasteiger partial charge is 0.357 e. The summed E-state index contributed by atoms with van der Waals surface area (Å²) in [7, 11) is 1.95. The molecular weight excluding hydrogens is 400 g/mol. The Kier molecular flexibility index (Phi) is 7.19. The standard InChI is InChI=1S/C19H25ClN4OS2/c1-11(2)23(6)18(26)21-9-15-10-27-19(22-15)24(14(5)25)17-13(4)7-12(3)8-16(17)20/h7-8,10-11H,9H2,1-6H3,(H,21,26). The molecule has 0 bridgehead atoms. The van der Waals surface area contributed by atoms with Gasteiger partial charge in [-0.15, -0.1) is 11.3 Å². The van der Waals surface area contributed by atoms with E-state index < -0.39 is 0 Å². The van der Waals surface area contributed by atoms with Crippen molar-refractivity contribution in [1.82, 2.24) is 15.2 Å². The number of thiazole rings is 1. The van der Waals surface area contributed by atoms with Gasteiger partial charge in [-0.25, -0.2) is 4.98 Å². The molecule has 2 rings (SSSR count). The van der Waals surface area contributed by atoms with Gasteiger partial charge < -0.3 is 10.2 Å². The summed E-state index contributed by atoms with van der Waals surface area (Å²) in [4.78, 5) is 20.5. The molecule has 0 unspecified atom stereocenters. The van der Waals surface area contributed by atoms with Crippen molar-refractivity contribution in [2.45, 2.75) is 47.2 Å². The van der Waals surface area contributed by atoms with Gasteiger partial charge in [0.25, 0.3) is 0 Å². The van der Waals surface area contributed by atoms with Crippen LogP contribution in [0.25, 0.3) is 0 Å². The van der Waals surface area contributed by atoms with Crippen LogP contribution in [0.1, 0.15) is 37.6 Å². The molecule has 8 heteroatoms. The quantitative estimate of drug-likeness (QED) is 0.697. The van der Waals surface area contributed by atoms with Gasteiger partial charge in [-0.1, -0.05) is 17.7 Å². The molecule has 1 aromatic heterocycles. The molecule has 27 heavy (non-hydrogen) atoms. The maximum absolute atomic E-state index is 12.4. The summed E-state index contributed by atoms with van der Waals surface area (Å²) in [6.45, 7) is 10.1. The minimum atomic E-state index is -0.132. The molecule has 1 N–H and O–H groups in total. The molecule has 2 aromatic rings. The summed E-state index contributed by atoms with van der Waals surface area (Å²) in [6.07, 6.45) is 0. The molecular formula is C19H25ClN4OS2. The first kappa shape index (κ1) is 21.6. The molecule has 0 spiro atoms. The number of carbonyl (C=O) groups is 1. The number of benzene rings is 1. The Morgan fingerprint density at radius 3 is 2.59 bits per heavy atom. The summed E-state index contributed by atoms with van der Waals surface area (Å²) in [5.74, 6) is -0.132. The Labute approximate surface area is 175 Å². The van der Waals surface area contributed by atoms with Gasteiger partial charge in [0.1, 0.15) is 0 Å². The number of hydrogen-bond acceptors (Lipinski definition) is 4. The Morgan fingerprint density at radius 1 is 1.37 bits per heavy atom. The molecule has 1 amide bonds. The average molecular weight is 425 g/mol. The SMILES string of the molecule is CC(=O)N(c1nc(CNC(=S)N(C)C(C)C)cs1)c1c(C)cc(C)cc1Cl. The predicted molar refractivity (Wildman–Crippen MR) is 118 cm³/mol. The van der Waals surface area contributed by atoms with Crippen LogP contribution in [0.3, 0.4) is 0 Å². The number of carbonyl (C=O) groups excluding carboxylic acids is 1. The minimum absolute atomic E-state index is 0.132. The second-order valence-electron chi connectivity index (χ2n) is 6.75. The van der Waals surface area contributed by atoms with Crippen molar-refractivity contribution in [3.05, 3.63) is 39.4 Å². The summed E-state index contributed by atoms with van der Waals surface area (Å²) in [5.41, 5.74) is 3.49. The van der Waals surface area contributed by atoms with E-state index in [1.54, 1.807) is 4.90 Å². The minimum Gasteiger partial charge on any atom is -0.357 e. The number of nitrogens with one attached hydrogen (secondary N) is 1. The number of nitrogens with zero attached hydrogens (tertiary/aromatic N) is 3. The van der Waals surface area contributed by atoms with E-state index in [4.69, 9.17) is 23.8 Å². The Balaban J connectivity index is 2.24. The summed E-state index contributed by atoms with van der Waals surface area (Å²) < 4.78 is 0. The number of rotatable bonds is 5. The molecule has 0 fully saturated rings. The van der Waals surface area contributed by atoms with Gasteiger partial charge in [-0.05, 0) is 57.1 Å².